The highest BCUT2D eigenvalue weighted by Gasteiger charge is 2.24. The lowest BCUT2D eigenvalue weighted by Crippen LogP contribution is -2.15. The predicted octanol–water partition coefficient (Wildman–Crippen LogP) is 3.55. The van der Waals surface area contributed by atoms with Crippen molar-refractivity contribution in [1.29, 1.82) is 0 Å². The third-order valence-electron chi connectivity index (χ3n) is 3.87. The number of methoxy groups -OCH3 is 1. The fraction of sp³-hybridized carbons (Fsp3) is 0.222. The smallest absolute Gasteiger partial charge is 0.268 e. The molecular formula is C18H20N4O4S. The Balaban J connectivity index is 1.79. The van der Waals surface area contributed by atoms with Crippen LogP contribution in [0.25, 0.3) is 0 Å². The lowest BCUT2D eigenvalue weighted by atomic mass is 10.2. The average Bonchev–Trinajstić information content (AvgIpc) is 2.96. The minimum atomic E-state index is -3.83. The van der Waals surface area contributed by atoms with Crippen LogP contribution in [0.4, 0.5) is 17.2 Å². The number of hydrogen-bond donors (Lipinski definition) is 2. The summed E-state index contributed by atoms with van der Waals surface area (Å²) >= 11 is 0. The molecule has 3 rings (SSSR count). The SMILES string of the molecule is COc1ccc(C)cc1Nc1ccc(NS(=O)(=O)c2c(C)noc2C)nc1. The fourth-order valence-corrected chi connectivity index (χ4v) is 3.99. The number of pyridine rings is 1. The zero-order chi connectivity index (χ0) is 19.6. The van der Waals surface area contributed by atoms with E-state index in [1.807, 2.05) is 25.1 Å². The Bertz CT molecular complexity index is 1040. The minimum absolute atomic E-state index is 0.0241. The Labute approximate surface area is 157 Å². The summed E-state index contributed by atoms with van der Waals surface area (Å²) in [6.45, 7) is 5.10. The number of ether oxygens (including phenoxy) is 1. The van der Waals surface area contributed by atoms with E-state index in [4.69, 9.17) is 9.26 Å². The van der Waals surface area contributed by atoms with Gasteiger partial charge in [-0.3, -0.25) is 4.72 Å². The molecule has 0 atom stereocenters. The summed E-state index contributed by atoms with van der Waals surface area (Å²) in [6, 6.07) is 9.07. The Morgan fingerprint density at radius 2 is 1.89 bits per heavy atom. The molecule has 0 amide bonds. The van der Waals surface area contributed by atoms with Gasteiger partial charge in [0.2, 0.25) is 0 Å². The van der Waals surface area contributed by atoms with Crippen LogP contribution in [0.5, 0.6) is 5.75 Å². The molecule has 0 saturated heterocycles. The zero-order valence-electron chi connectivity index (χ0n) is 15.4. The molecule has 27 heavy (non-hydrogen) atoms. The maximum atomic E-state index is 12.5. The average molecular weight is 388 g/mol. The van der Waals surface area contributed by atoms with Crippen molar-refractivity contribution in [2.75, 3.05) is 17.1 Å². The third-order valence-corrected chi connectivity index (χ3v) is 5.47. The van der Waals surface area contributed by atoms with Gasteiger partial charge >= 0.3 is 0 Å². The van der Waals surface area contributed by atoms with Gasteiger partial charge in [-0.2, -0.15) is 0 Å². The van der Waals surface area contributed by atoms with E-state index < -0.39 is 10.0 Å². The number of nitrogens with zero attached hydrogens (tertiary/aromatic N) is 2. The van der Waals surface area contributed by atoms with Crippen molar-refractivity contribution in [3.63, 3.8) is 0 Å². The fourth-order valence-electron chi connectivity index (χ4n) is 2.65. The topological polar surface area (TPSA) is 106 Å². The molecule has 142 valence electrons. The first kappa shape index (κ1) is 18.7. The van der Waals surface area contributed by atoms with E-state index in [1.165, 1.54) is 6.20 Å². The number of benzene rings is 1. The maximum Gasteiger partial charge on any atom is 0.268 e. The monoisotopic (exact) mass is 388 g/mol. The van der Waals surface area contributed by atoms with E-state index >= 15 is 0 Å². The molecule has 8 nitrogen and oxygen atoms in total. The van der Waals surface area contributed by atoms with E-state index in [1.54, 1.807) is 33.1 Å². The van der Waals surface area contributed by atoms with E-state index in [0.717, 1.165) is 11.3 Å². The highest BCUT2D eigenvalue weighted by Crippen LogP contribution is 2.29. The molecule has 0 radical (unpaired) electrons. The molecular weight excluding hydrogens is 368 g/mol. The number of hydrogen-bond acceptors (Lipinski definition) is 7. The van der Waals surface area contributed by atoms with Crippen molar-refractivity contribution in [1.82, 2.24) is 10.1 Å². The van der Waals surface area contributed by atoms with Crippen LogP contribution in [0, 0.1) is 20.8 Å². The molecule has 0 fully saturated rings. The molecule has 0 aliphatic carbocycles. The second kappa shape index (κ2) is 7.28. The quantitative estimate of drug-likeness (QED) is 0.665. The van der Waals surface area contributed by atoms with E-state index in [0.29, 0.717) is 17.1 Å². The molecule has 2 heterocycles. The van der Waals surface area contributed by atoms with Gasteiger partial charge in [0.1, 0.15) is 17.3 Å². The van der Waals surface area contributed by atoms with Crippen molar-refractivity contribution in [2.24, 2.45) is 0 Å². The normalized spacial score (nSPS) is 11.3. The van der Waals surface area contributed by atoms with Gasteiger partial charge in [-0.25, -0.2) is 13.4 Å². The van der Waals surface area contributed by atoms with Crippen LogP contribution in [0.2, 0.25) is 0 Å². The van der Waals surface area contributed by atoms with Gasteiger partial charge in [0.25, 0.3) is 10.0 Å². The molecule has 0 bridgehead atoms. The minimum Gasteiger partial charge on any atom is -0.495 e. The number of anilines is 3. The molecule has 0 saturated carbocycles. The highest BCUT2D eigenvalue weighted by molar-refractivity contribution is 7.92. The summed E-state index contributed by atoms with van der Waals surface area (Å²) < 4.78 is 37.7. The van der Waals surface area contributed by atoms with Crippen LogP contribution in [0.3, 0.4) is 0 Å². The van der Waals surface area contributed by atoms with E-state index in [2.05, 4.69) is 20.2 Å². The first-order valence-electron chi connectivity index (χ1n) is 8.13. The Hall–Kier alpha value is -3.07. The van der Waals surface area contributed by atoms with Crippen molar-refractivity contribution in [3.8, 4) is 5.75 Å². The van der Waals surface area contributed by atoms with Crippen LogP contribution < -0.4 is 14.8 Å². The molecule has 1 aromatic carbocycles. The first-order valence-corrected chi connectivity index (χ1v) is 9.62. The van der Waals surface area contributed by atoms with Gasteiger partial charge in [-0.05, 0) is 50.6 Å². The summed E-state index contributed by atoms with van der Waals surface area (Å²) in [5.41, 5.74) is 2.86. The van der Waals surface area contributed by atoms with Crippen LogP contribution in [-0.4, -0.2) is 25.7 Å². The number of nitrogens with one attached hydrogen (secondary N) is 2. The summed E-state index contributed by atoms with van der Waals surface area (Å²) in [5, 5.41) is 6.88. The predicted molar refractivity (Wildman–Crippen MR) is 102 cm³/mol. The van der Waals surface area contributed by atoms with Crippen molar-refractivity contribution < 1.29 is 17.7 Å². The first-order chi connectivity index (χ1) is 12.8. The van der Waals surface area contributed by atoms with Gasteiger partial charge < -0.3 is 14.6 Å². The van der Waals surface area contributed by atoms with E-state index in [-0.39, 0.29) is 16.5 Å². The van der Waals surface area contributed by atoms with Crippen LogP contribution in [0.1, 0.15) is 17.0 Å². The number of aryl methyl sites for hydroxylation is 3. The maximum absolute atomic E-state index is 12.5. The Morgan fingerprint density at radius 1 is 1.11 bits per heavy atom. The van der Waals surface area contributed by atoms with Gasteiger partial charge in [0.15, 0.2) is 10.7 Å². The summed E-state index contributed by atoms with van der Waals surface area (Å²) in [5.74, 6) is 1.12. The summed E-state index contributed by atoms with van der Waals surface area (Å²) in [7, 11) is -2.23. The largest absolute Gasteiger partial charge is 0.495 e. The van der Waals surface area contributed by atoms with Gasteiger partial charge in [0.05, 0.1) is 24.7 Å². The molecule has 0 aliphatic rings. The Kier molecular flexibility index (Phi) is 5.04. The van der Waals surface area contributed by atoms with Crippen LogP contribution in [0.15, 0.2) is 45.9 Å². The third kappa shape index (κ3) is 4.03. The second-order valence-electron chi connectivity index (χ2n) is 6.02. The van der Waals surface area contributed by atoms with Gasteiger partial charge in [-0.15, -0.1) is 0 Å². The van der Waals surface area contributed by atoms with Crippen molar-refractivity contribution >= 4 is 27.2 Å². The summed E-state index contributed by atoms with van der Waals surface area (Å²) in [4.78, 5) is 4.19. The standard InChI is InChI=1S/C18H20N4O4S/c1-11-5-7-16(25-4)15(9-11)20-14-6-8-17(19-10-14)22-27(23,24)18-12(2)21-26-13(18)3/h5-10,20H,1-4H3,(H,19,22). The lowest BCUT2D eigenvalue weighted by molar-refractivity contribution is 0.390. The Morgan fingerprint density at radius 3 is 2.48 bits per heavy atom. The molecule has 0 unspecified atom stereocenters. The van der Waals surface area contributed by atoms with Crippen LogP contribution >= 0.6 is 0 Å². The molecule has 2 N–H and O–H groups in total. The second-order valence-corrected chi connectivity index (χ2v) is 7.64. The highest BCUT2D eigenvalue weighted by atomic mass is 32.2. The van der Waals surface area contributed by atoms with E-state index in [9.17, 15) is 8.42 Å². The molecule has 0 spiro atoms. The number of aromatic nitrogens is 2. The number of sulfonamides is 1. The molecule has 9 heteroatoms. The molecule has 3 aromatic rings. The van der Waals surface area contributed by atoms with Gasteiger partial charge in [0, 0.05) is 0 Å². The molecule has 0 aliphatic heterocycles. The summed E-state index contributed by atoms with van der Waals surface area (Å²) in [6.07, 6.45) is 1.53. The van der Waals surface area contributed by atoms with Gasteiger partial charge in [-0.1, -0.05) is 11.2 Å². The molecule has 2 aromatic heterocycles. The van der Waals surface area contributed by atoms with Crippen molar-refractivity contribution in [3.05, 3.63) is 53.5 Å². The lowest BCUT2D eigenvalue weighted by Gasteiger charge is -2.12. The zero-order valence-corrected chi connectivity index (χ0v) is 16.2. The van der Waals surface area contributed by atoms with Crippen molar-refractivity contribution in [2.45, 2.75) is 25.7 Å². The van der Waals surface area contributed by atoms with Crippen LogP contribution in [-0.2, 0) is 10.0 Å². The number of rotatable bonds is 6.